The minimum absolute atomic E-state index is 0.167. The predicted molar refractivity (Wildman–Crippen MR) is 169 cm³/mol. The number of rotatable bonds is 17. The second-order valence-corrected chi connectivity index (χ2v) is 11.1. The first-order valence-corrected chi connectivity index (χ1v) is 15.6. The molecule has 0 aliphatic rings. The fourth-order valence-corrected chi connectivity index (χ4v) is 5.24. The summed E-state index contributed by atoms with van der Waals surface area (Å²) in [5.41, 5.74) is 4.82. The SMILES string of the molecule is CCCCCCCCCCCc1noc(-c2cccc(CN(CCc3ccc(-c4ccccc4)cc3)C(=O)C(=O)O)c2)n1. The van der Waals surface area contributed by atoms with E-state index in [1.54, 1.807) is 0 Å². The lowest BCUT2D eigenvalue weighted by Crippen LogP contribution is -2.37. The Labute approximate surface area is 255 Å². The van der Waals surface area contributed by atoms with Crippen molar-refractivity contribution in [2.24, 2.45) is 0 Å². The van der Waals surface area contributed by atoms with E-state index < -0.39 is 11.9 Å². The molecule has 0 aliphatic heterocycles. The van der Waals surface area contributed by atoms with E-state index in [0.29, 0.717) is 18.1 Å². The minimum Gasteiger partial charge on any atom is -0.474 e. The van der Waals surface area contributed by atoms with Crippen molar-refractivity contribution in [2.45, 2.75) is 84.1 Å². The molecule has 0 bridgehead atoms. The van der Waals surface area contributed by atoms with Gasteiger partial charge in [-0.05, 0) is 47.2 Å². The Morgan fingerprint density at radius 1 is 0.721 bits per heavy atom. The first-order chi connectivity index (χ1) is 21.0. The molecule has 4 aromatic rings. The number of aromatic nitrogens is 2. The highest BCUT2D eigenvalue weighted by Gasteiger charge is 2.21. The number of carboxylic acids is 1. The quantitative estimate of drug-likeness (QED) is 0.0999. The number of carbonyl (C=O) groups is 2. The van der Waals surface area contributed by atoms with Gasteiger partial charge >= 0.3 is 11.9 Å². The molecule has 7 heteroatoms. The molecule has 0 radical (unpaired) electrons. The summed E-state index contributed by atoms with van der Waals surface area (Å²) in [4.78, 5) is 30.1. The summed E-state index contributed by atoms with van der Waals surface area (Å²) < 4.78 is 5.54. The number of carbonyl (C=O) groups excluding carboxylic acids is 1. The van der Waals surface area contributed by atoms with Crippen molar-refractivity contribution in [3.05, 3.63) is 95.8 Å². The number of aliphatic carboxylic acids is 1. The number of carboxylic acid groups (broad SMARTS) is 1. The Morgan fingerprint density at radius 2 is 1.37 bits per heavy atom. The van der Waals surface area contributed by atoms with Crippen LogP contribution in [0, 0.1) is 0 Å². The largest absolute Gasteiger partial charge is 0.474 e. The van der Waals surface area contributed by atoms with Crippen LogP contribution in [0.1, 0.15) is 81.7 Å². The van der Waals surface area contributed by atoms with E-state index in [-0.39, 0.29) is 13.1 Å². The molecule has 0 atom stereocenters. The molecule has 4 rings (SSSR count). The molecular formula is C36H43N3O4. The van der Waals surface area contributed by atoms with Crippen molar-refractivity contribution in [1.82, 2.24) is 15.0 Å². The molecule has 1 N–H and O–H groups in total. The highest BCUT2D eigenvalue weighted by atomic mass is 16.5. The third-order valence-electron chi connectivity index (χ3n) is 7.72. The molecular weight excluding hydrogens is 538 g/mol. The van der Waals surface area contributed by atoms with E-state index in [1.165, 1.54) is 49.8 Å². The summed E-state index contributed by atoms with van der Waals surface area (Å²) in [5, 5.41) is 13.6. The van der Waals surface area contributed by atoms with Gasteiger partial charge < -0.3 is 14.5 Å². The Hall–Kier alpha value is -4.26. The molecule has 0 spiro atoms. The Kier molecular flexibility index (Phi) is 12.5. The van der Waals surface area contributed by atoms with Gasteiger partial charge in [-0.2, -0.15) is 4.98 Å². The van der Waals surface area contributed by atoms with Crippen LogP contribution in [-0.4, -0.2) is 38.6 Å². The van der Waals surface area contributed by atoms with Crippen LogP contribution in [0.25, 0.3) is 22.6 Å². The lowest BCUT2D eigenvalue weighted by molar-refractivity contribution is -0.156. The second kappa shape index (κ2) is 17.0. The standard InChI is InChI=1S/C36H43N3O4/c1-2-3-4-5-6-7-8-9-13-19-33-37-34(43-38-33)32-18-14-15-29(26-32)27-39(35(40)36(41)42)25-24-28-20-22-31(23-21-28)30-16-11-10-12-17-30/h10-12,14-18,20-23,26H,2-9,13,19,24-25,27H2,1H3,(H,41,42). The first kappa shape index (κ1) is 31.7. The van der Waals surface area contributed by atoms with Crippen molar-refractivity contribution in [3.63, 3.8) is 0 Å². The topological polar surface area (TPSA) is 96.5 Å². The van der Waals surface area contributed by atoms with Gasteiger partial charge in [-0.1, -0.05) is 130 Å². The van der Waals surface area contributed by atoms with Crippen LogP contribution in [0.5, 0.6) is 0 Å². The van der Waals surface area contributed by atoms with Gasteiger partial charge in [0.25, 0.3) is 5.89 Å². The van der Waals surface area contributed by atoms with Gasteiger partial charge in [0.1, 0.15) is 0 Å². The average Bonchev–Trinajstić information content (AvgIpc) is 3.52. The van der Waals surface area contributed by atoms with Gasteiger partial charge in [-0.15, -0.1) is 0 Å². The maximum absolute atomic E-state index is 12.6. The van der Waals surface area contributed by atoms with Gasteiger partial charge in [0, 0.05) is 25.1 Å². The van der Waals surface area contributed by atoms with E-state index in [0.717, 1.165) is 47.1 Å². The molecule has 43 heavy (non-hydrogen) atoms. The third kappa shape index (κ3) is 10.2. The number of benzene rings is 3. The normalized spacial score (nSPS) is 11.0. The fourth-order valence-electron chi connectivity index (χ4n) is 5.24. The lowest BCUT2D eigenvalue weighted by Gasteiger charge is -2.21. The van der Waals surface area contributed by atoms with Crippen LogP contribution >= 0.6 is 0 Å². The van der Waals surface area contributed by atoms with E-state index in [1.807, 2.05) is 66.7 Å². The molecule has 0 saturated carbocycles. The molecule has 226 valence electrons. The molecule has 1 amide bonds. The highest BCUT2D eigenvalue weighted by Crippen LogP contribution is 2.22. The highest BCUT2D eigenvalue weighted by molar-refractivity contribution is 6.31. The Balaban J connectivity index is 1.30. The number of amides is 1. The van der Waals surface area contributed by atoms with Crippen LogP contribution in [0.3, 0.4) is 0 Å². The zero-order chi connectivity index (χ0) is 30.3. The summed E-state index contributed by atoms with van der Waals surface area (Å²) in [6.45, 7) is 2.69. The average molecular weight is 582 g/mol. The number of aryl methyl sites for hydroxylation is 1. The monoisotopic (exact) mass is 581 g/mol. The maximum atomic E-state index is 12.6. The smallest absolute Gasteiger partial charge is 0.394 e. The van der Waals surface area contributed by atoms with Crippen LogP contribution < -0.4 is 0 Å². The molecule has 0 unspecified atom stereocenters. The number of unbranched alkanes of at least 4 members (excludes halogenated alkanes) is 8. The van der Waals surface area contributed by atoms with E-state index >= 15 is 0 Å². The molecule has 0 saturated heterocycles. The second-order valence-electron chi connectivity index (χ2n) is 11.1. The van der Waals surface area contributed by atoms with Gasteiger partial charge in [-0.3, -0.25) is 4.79 Å². The summed E-state index contributed by atoms with van der Waals surface area (Å²) in [7, 11) is 0. The number of nitrogens with zero attached hydrogens (tertiary/aromatic N) is 3. The van der Waals surface area contributed by atoms with E-state index in [9.17, 15) is 14.7 Å². The third-order valence-corrected chi connectivity index (χ3v) is 7.72. The summed E-state index contributed by atoms with van der Waals surface area (Å²) >= 11 is 0. The predicted octanol–water partition coefficient (Wildman–Crippen LogP) is 8.13. The summed E-state index contributed by atoms with van der Waals surface area (Å²) in [6.07, 6.45) is 12.7. The first-order valence-electron chi connectivity index (χ1n) is 15.6. The summed E-state index contributed by atoms with van der Waals surface area (Å²) in [5.74, 6) is -1.26. The van der Waals surface area contributed by atoms with Crippen molar-refractivity contribution in [3.8, 4) is 22.6 Å². The van der Waals surface area contributed by atoms with Crippen LogP contribution in [0.2, 0.25) is 0 Å². The van der Waals surface area contributed by atoms with Crippen molar-refractivity contribution in [2.75, 3.05) is 6.54 Å². The van der Waals surface area contributed by atoms with Gasteiger partial charge in [-0.25, -0.2) is 4.79 Å². The van der Waals surface area contributed by atoms with E-state index in [4.69, 9.17) is 4.52 Å². The zero-order valence-corrected chi connectivity index (χ0v) is 25.2. The molecule has 3 aromatic carbocycles. The Bertz CT molecular complexity index is 1420. The lowest BCUT2D eigenvalue weighted by atomic mass is 10.0. The van der Waals surface area contributed by atoms with Crippen molar-refractivity contribution < 1.29 is 19.2 Å². The fraction of sp³-hybridized carbons (Fsp3) is 0.389. The number of hydrogen-bond donors (Lipinski definition) is 1. The van der Waals surface area contributed by atoms with Crippen molar-refractivity contribution >= 4 is 11.9 Å². The van der Waals surface area contributed by atoms with E-state index in [2.05, 4.69) is 29.2 Å². The van der Waals surface area contributed by atoms with Gasteiger partial charge in [0.2, 0.25) is 0 Å². The number of hydrogen-bond acceptors (Lipinski definition) is 5. The van der Waals surface area contributed by atoms with Gasteiger partial charge in [0.05, 0.1) is 0 Å². The van der Waals surface area contributed by atoms with Crippen molar-refractivity contribution in [1.29, 1.82) is 0 Å². The summed E-state index contributed by atoms with van der Waals surface area (Å²) in [6, 6.07) is 25.8. The molecule has 1 heterocycles. The molecule has 7 nitrogen and oxygen atoms in total. The van der Waals surface area contributed by atoms with Crippen LogP contribution in [0.15, 0.2) is 83.4 Å². The maximum Gasteiger partial charge on any atom is 0.394 e. The minimum atomic E-state index is -1.46. The van der Waals surface area contributed by atoms with Gasteiger partial charge in [0.15, 0.2) is 5.82 Å². The van der Waals surface area contributed by atoms with Crippen LogP contribution in [-0.2, 0) is 29.0 Å². The molecule has 1 aromatic heterocycles. The Morgan fingerprint density at radius 3 is 2.07 bits per heavy atom. The zero-order valence-electron chi connectivity index (χ0n) is 25.2. The molecule has 0 aliphatic carbocycles. The van der Waals surface area contributed by atoms with Crippen LogP contribution in [0.4, 0.5) is 0 Å². The molecule has 0 fully saturated rings.